The van der Waals surface area contributed by atoms with Crippen LogP contribution in [0.3, 0.4) is 0 Å². The molecule has 0 heterocycles. The molecule has 0 spiro atoms. The SMILES string of the molecule is FC(F)C(F)(F)C(F)(F)C(F)(F)C(F)(F)C(F)(F)C(F)(F)C(F)(F)C(F)(F)C(F)(F)C(F)(F)COCC(F)(F)C(F)(F)C(F)(F)C(F)(F)C(F)(F)C(F)(F)C(F)(F)C(F)(F)C(F)(F)C(F)(F)C(F)F. The van der Waals surface area contributed by atoms with E-state index in [-0.39, 0.29) is 0 Å². The molecule has 0 saturated heterocycles. The van der Waals surface area contributed by atoms with Gasteiger partial charge in [-0.1, -0.05) is 0 Å². The lowest BCUT2D eigenvalue weighted by atomic mass is 9.85. The van der Waals surface area contributed by atoms with E-state index in [4.69, 9.17) is 0 Å². The average Bonchev–Trinajstić information content (AvgIpc) is 3.12. The molecule has 0 bridgehead atoms. The summed E-state index contributed by atoms with van der Waals surface area (Å²) in [5, 5.41) is 0. The van der Waals surface area contributed by atoms with E-state index in [2.05, 4.69) is 4.74 Å². The zero-order chi connectivity index (χ0) is 57.3. The van der Waals surface area contributed by atoms with Crippen molar-refractivity contribution in [3.8, 4) is 0 Å². The summed E-state index contributed by atoms with van der Waals surface area (Å²) in [6.45, 7) is -10.0. The molecule has 0 aromatic carbocycles. The molecule has 0 aromatic rings. The van der Waals surface area contributed by atoms with Gasteiger partial charge in [-0.3, -0.25) is 0 Å². The van der Waals surface area contributed by atoms with Crippen LogP contribution in [0, 0.1) is 0 Å². The summed E-state index contributed by atoms with van der Waals surface area (Å²) in [7, 11) is 0. The molecule has 0 rings (SSSR count). The molecule has 0 fully saturated rings. The van der Waals surface area contributed by atoms with Crippen LogP contribution in [0.1, 0.15) is 0 Å². The molecule has 0 atom stereocenters. The van der Waals surface area contributed by atoms with E-state index < -0.39 is 145 Å². The van der Waals surface area contributed by atoms with Crippen LogP contribution in [0.2, 0.25) is 0 Å². The van der Waals surface area contributed by atoms with Crippen LogP contribution in [0.25, 0.3) is 0 Å². The van der Waals surface area contributed by atoms with Gasteiger partial charge in [0, 0.05) is 0 Å². The van der Waals surface area contributed by atoms with Crippen molar-refractivity contribution in [1.29, 1.82) is 0 Å². The fourth-order valence-electron chi connectivity index (χ4n) is 4.01. The number of hydrogen-bond acceptors (Lipinski definition) is 1. The van der Waals surface area contributed by atoms with Crippen LogP contribution in [0.5, 0.6) is 0 Å². The van der Waals surface area contributed by atoms with Crippen molar-refractivity contribution >= 4 is 0 Å². The monoisotopic (exact) mass is 1150 g/mol. The Morgan fingerprint density at radius 2 is 0.304 bits per heavy atom. The normalized spacial score (nSPS) is 17.1. The summed E-state index contributed by atoms with van der Waals surface area (Å²) in [4.78, 5) is 0. The van der Waals surface area contributed by atoms with Crippen LogP contribution < -0.4 is 0 Å². The van der Waals surface area contributed by atoms with Crippen molar-refractivity contribution in [3.05, 3.63) is 0 Å². The lowest BCUT2D eigenvalue weighted by Gasteiger charge is -2.45. The molecule has 416 valence electrons. The molecule has 1 nitrogen and oxygen atoms in total. The van der Waals surface area contributed by atoms with Gasteiger partial charge in [0.1, 0.15) is 13.2 Å². The number of rotatable bonds is 24. The summed E-state index contributed by atoms with van der Waals surface area (Å²) in [5.74, 6) is -187. The zero-order valence-electron chi connectivity index (χ0n) is 29.6. The Labute approximate surface area is 344 Å². The molecule has 0 aromatic heterocycles. The predicted octanol–water partition coefficient (Wildman–Crippen LogP) is 14.2. The second-order valence-electron chi connectivity index (χ2n) is 12.9. The van der Waals surface area contributed by atoms with Gasteiger partial charge in [-0.15, -0.1) is 0 Å². The Balaban J connectivity index is 7.23. The van der Waals surface area contributed by atoms with Gasteiger partial charge in [0.05, 0.1) is 0 Å². The quantitative estimate of drug-likeness (QED) is 0.0876. The first-order valence-electron chi connectivity index (χ1n) is 14.8. The Hall–Kier alpha value is -3.12. The first kappa shape index (κ1) is 65.9. The molecular weight excluding hydrogens is 1140 g/mol. The third-order valence-electron chi connectivity index (χ3n) is 8.39. The minimum absolute atomic E-state index is 2.08. The topological polar surface area (TPSA) is 9.23 Å². The third-order valence-corrected chi connectivity index (χ3v) is 8.39. The highest BCUT2D eigenvalue weighted by atomic mass is 19.4. The fourth-order valence-corrected chi connectivity index (χ4v) is 4.01. The molecular formula is C24H6F44O. The van der Waals surface area contributed by atoms with Gasteiger partial charge >= 0.3 is 131 Å². The standard InChI is InChI=1S/C24H6F44O/c25-3(26)7(33,34)11(41,42)15(49,50)19(57,58)23(65,66)21(61,62)17(53,54)13(45,46)9(37,38)5(29,30)1-69-2-6(31,32)10(39,40)14(47,48)18(55,56)22(63,64)24(67,68)20(59,60)16(51,52)12(43,44)8(35,36)4(27)28/h3-4H,1-2H2. The number of ether oxygens (including phenoxy) is 1. The summed E-state index contributed by atoms with van der Waals surface area (Å²) >= 11 is 0. The predicted molar refractivity (Wildman–Crippen MR) is 122 cm³/mol. The maximum absolute atomic E-state index is 13.9. The minimum atomic E-state index is -9.95. The zero-order valence-corrected chi connectivity index (χ0v) is 29.6. The van der Waals surface area contributed by atoms with Crippen LogP contribution >= 0.6 is 0 Å². The minimum Gasteiger partial charge on any atom is -0.368 e. The Kier molecular flexibility index (Phi) is 16.0. The van der Waals surface area contributed by atoms with Crippen LogP contribution in [-0.4, -0.2) is 145 Å². The molecule has 0 aliphatic carbocycles. The summed E-state index contributed by atoms with van der Waals surface area (Å²) in [6, 6.07) is 0. The van der Waals surface area contributed by atoms with Gasteiger partial charge in [0.2, 0.25) is 0 Å². The molecule has 0 saturated carbocycles. The van der Waals surface area contributed by atoms with Gasteiger partial charge in [0.25, 0.3) is 0 Å². The highest BCUT2D eigenvalue weighted by Gasteiger charge is 3.00. The first-order valence-corrected chi connectivity index (χ1v) is 14.8. The second kappa shape index (κ2) is 16.7. The van der Waals surface area contributed by atoms with Crippen molar-refractivity contribution in [3.63, 3.8) is 0 Å². The van der Waals surface area contributed by atoms with Crippen molar-refractivity contribution in [1.82, 2.24) is 0 Å². The Bertz CT molecular complexity index is 1670. The van der Waals surface area contributed by atoms with Crippen molar-refractivity contribution in [2.24, 2.45) is 0 Å². The number of alkyl halides is 44. The highest BCUT2D eigenvalue weighted by molar-refractivity contribution is 5.20. The van der Waals surface area contributed by atoms with E-state index in [1.165, 1.54) is 0 Å². The Morgan fingerprint density at radius 3 is 0.435 bits per heavy atom. The molecule has 0 aliphatic heterocycles. The summed E-state index contributed by atoms with van der Waals surface area (Å²) in [5.41, 5.74) is 0. The van der Waals surface area contributed by atoms with Gasteiger partial charge in [0.15, 0.2) is 0 Å². The number of halogens is 44. The molecule has 69 heavy (non-hydrogen) atoms. The van der Waals surface area contributed by atoms with E-state index in [1.54, 1.807) is 0 Å². The van der Waals surface area contributed by atoms with Gasteiger partial charge in [-0.25, -0.2) is 17.6 Å². The molecule has 45 heteroatoms. The van der Waals surface area contributed by atoms with E-state index in [1.807, 2.05) is 0 Å². The molecule has 0 radical (unpaired) electrons. The maximum atomic E-state index is 13.9. The van der Waals surface area contributed by atoms with E-state index in [0.29, 0.717) is 0 Å². The Morgan fingerprint density at radius 1 is 0.188 bits per heavy atom. The largest absolute Gasteiger partial charge is 0.385 e. The lowest BCUT2D eigenvalue weighted by Crippen LogP contribution is -2.77. The van der Waals surface area contributed by atoms with E-state index in [9.17, 15) is 193 Å². The van der Waals surface area contributed by atoms with Gasteiger partial charge in [-0.05, 0) is 0 Å². The maximum Gasteiger partial charge on any atom is 0.385 e. The third kappa shape index (κ3) is 8.02. The lowest BCUT2D eigenvalue weighted by molar-refractivity contribution is -0.473. The molecule has 0 aliphatic rings. The van der Waals surface area contributed by atoms with Crippen molar-refractivity contribution in [2.75, 3.05) is 13.2 Å². The second-order valence-corrected chi connectivity index (χ2v) is 12.9. The van der Waals surface area contributed by atoms with Crippen molar-refractivity contribution < 1.29 is 198 Å². The summed E-state index contributed by atoms with van der Waals surface area (Å²) < 4.78 is 596. The number of hydrogen-bond donors (Lipinski definition) is 0. The molecule has 0 N–H and O–H groups in total. The average molecular weight is 1150 g/mol. The van der Waals surface area contributed by atoms with E-state index >= 15 is 0 Å². The first-order chi connectivity index (χ1) is 29.1. The molecule has 0 unspecified atom stereocenters. The summed E-state index contributed by atoms with van der Waals surface area (Å²) in [6.07, 6.45) is -13.0. The van der Waals surface area contributed by atoms with Crippen LogP contribution in [0.4, 0.5) is 193 Å². The van der Waals surface area contributed by atoms with Crippen LogP contribution in [-0.2, 0) is 4.74 Å². The van der Waals surface area contributed by atoms with Crippen LogP contribution in [0.15, 0.2) is 0 Å². The van der Waals surface area contributed by atoms with Gasteiger partial charge in [-0.2, -0.15) is 176 Å². The van der Waals surface area contributed by atoms with Crippen molar-refractivity contribution in [2.45, 2.75) is 131 Å². The fraction of sp³-hybridized carbons (Fsp3) is 1.00. The molecule has 0 amide bonds. The smallest absolute Gasteiger partial charge is 0.368 e. The highest BCUT2D eigenvalue weighted by Crippen LogP contribution is 2.69. The van der Waals surface area contributed by atoms with E-state index in [0.717, 1.165) is 0 Å². The van der Waals surface area contributed by atoms with Gasteiger partial charge < -0.3 is 4.74 Å².